The van der Waals surface area contributed by atoms with Crippen molar-refractivity contribution in [3.63, 3.8) is 0 Å². The number of ether oxygens (including phenoxy) is 1. The molecule has 1 saturated heterocycles. The van der Waals surface area contributed by atoms with Crippen molar-refractivity contribution in [1.29, 1.82) is 0 Å². The Morgan fingerprint density at radius 1 is 1.30 bits per heavy atom. The third-order valence-corrected chi connectivity index (χ3v) is 7.64. The minimum absolute atomic E-state index is 0.173. The van der Waals surface area contributed by atoms with Crippen LogP contribution in [0.3, 0.4) is 0 Å². The molecule has 0 aliphatic carbocycles. The lowest BCUT2D eigenvalue weighted by atomic mass is 10.2. The highest BCUT2D eigenvalue weighted by Crippen LogP contribution is 2.26. The molecule has 1 N–H and O–H groups in total. The summed E-state index contributed by atoms with van der Waals surface area (Å²) in [6.07, 6.45) is 0.836. The molecule has 3 rings (SSSR count). The molecule has 0 unspecified atom stereocenters. The van der Waals surface area contributed by atoms with Crippen molar-refractivity contribution >= 4 is 33.0 Å². The fourth-order valence-electron chi connectivity index (χ4n) is 2.88. The second-order valence-electron chi connectivity index (χ2n) is 6.19. The average Bonchev–Trinajstić information content (AvgIpc) is 3.05. The summed E-state index contributed by atoms with van der Waals surface area (Å²) < 4.78 is 46.0. The molecular weight excluding hydrogens is 391 g/mol. The van der Waals surface area contributed by atoms with Crippen molar-refractivity contribution < 1.29 is 22.3 Å². The predicted octanol–water partition coefficient (Wildman–Crippen LogP) is 3.03. The van der Waals surface area contributed by atoms with Gasteiger partial charge in [-0.3, -0.25) is 4.79 Å². The van der Waals surface area contributed by atoms with Gasteiger partial charge in [0.1, 0.15) is 10.7 Å². The fraction of sp³-hybridized carbons (Fsp3) is 0.389. The molecule has 2 heterocycles. The number of nitrogens with zero attached hydrogens (tertiary/aromatic N) is 1. The number of hydrogen-bond donors (Lipinski definition) is 1. The summed E-state index contributed by atoms with van der Waals surface area (Å²) in [5.41, 5.74) is 1.28. The average molecular weight is 413 g/mol. The van der Waals surface area contributed by atoms with E-state index in [1.807, 2.05) is 13.8 Å². The lowest BCUT2D eigenvalue weighted by molar-refractivity contribution is 0.0729. The van der Waals surface area contributed by atoms with E-state index in [0.29, 0.717) is 4.88 Å². The number of amides is 1. The minimum atomic E-state index is -3.99. The van der Waals surface area contributed by atoms with Gasteiger partial charge in [0.15, 0.2) is 0 Å². The summed E-state index contributed by atoms with van der Waals surface area (Å²) in [6.45, 7) is 4.85. The zero-order valence-corrected chi connectivity index (χ0v) is 16.8. The molecule has 0 bridgehead atoms. The smallest absolute Gasteiger partial charge is 0.265 e. The van der Waals surface area contributed by atoms with Gasteiger partial charge in [-0.1, -0.05) is 6.92 Å². The normalized spacial score (nSPS) is 15.7. The van der Waals surface area contributed by atoms with Crippen molar-refractivity contribution in [3.05, 3.63) is 45.4 Å². The van der Waals surface area contributed by atoms with E-state index in [1.54, 1.807) is 6.07 Å². The molecule has 27 heavy (non-hydrogen) atoms. The maximum Gasteiger partial charge on any atom is 0.265 e. The molecule has 9 heteroatoms. The Bertz CT molecular complexity index is 950. The van der Waals surface area contributed by atoms with Crippen LogP contribution in [0.15, 0.2) is 29.2 Å². The Kier molecular flexibility index (Phi) is 5.95. The lowest BCUT2D eigenvalue weighted by Gasteiger charge is -2.26. The number of morpholine rings is 1. The Morgan fingerprint density at radius 2 is 2.00 bits per heavy atom. The fourth-order valence-corrected chi connectivity index (χ4v) is 5.39. The maximum absolute atomic E-state index is 14.2. The summed E-state index contributed by atoms with van der Waals surface area (Å²) in [5, 5.41) is 2.66. The molecule has 1 amide bonds. The Morgan fingerprint density at radius 3 is 2.63 bits per heavy atom. The molecule has 1 aliphatic rings. The second-order valence-corrected chi connectivity index (χ2v) is 9.23. The van der Waals surface area contributed by atoms with Crippen LogP contribution in [0.1, 0.15) is 27.0 Å². The summed E-state index contributed by atoms with van der Waals surface area (Å²) in [4.78, 5) is 13.7. The number of hydrogen-bond acceptors (Lipinski definition) is 5. The van der Waals surface area contributed by atoms with Crippen LogP contribution in [-0.4, -0.2) is 44.9 Å². The first kappa shape index (κ1) is 19.9. The number of carbonyl (C=O) groups excluding carboxylic acids is 1. The van der Waals surface area contributed by atoms with Gasteiger partial charge in [-0.25, -0.2) is 12.8 Å². The highest BCUT2D eigenvalue weighted by molar-refractivity contribution is 7.89. The largest absolute Gasteiger partial charge is 0.379 e. The molecule has 146 valence electrons. The van der Waals surface area contributed by atoms with Gasteiger partial charge >= 0.3 is 0 Å². The summed E-state index contributed by atoms with van der Waals surface area (Å²) >= 11 is 1.40. The Balaban J connectivity index is 1.85. The number of rotatable bonds is 5. The maximum atomic E-state index is 14.2. The summed E-state index contributed by atoms with van der Waals surface area (Å²) in [5.74, 6) is -1.19. The molecule has 0 spiro atoms. The number of anilines is 1. The monoisotopic (exact) mass is 412 g/mol. The standard InChI is InChI=1S/C18H21FN2O4S2/c1-3-15-12(2)10-16(26-15)18(22)20-13-4-5-14(19)17(11-13)27(23,24)21-6-8-25-9-7-21/h4-5,10-11H,3,6-9H2,1-2H3,(H,20,22). The van der Waals surface area contributed by atoms with Crippen LogP contribution in [0.25, 0.3) is 0 Å². The number of carbonyl (C=O) groups is 1. The summed E-state index contributed by atoms with van der Waals surface area (Å²) in [7, 11) is -3.99. The highest BCUT2D eigenvalue weighted by Gasteiger charge is 2.29. The summed E-state index contributed by atoms with van der Waals surface area (Å²) in [6, 6.07) is 5.37. The van der Waals surface area contributed by atoms with Crippen LogP contribution in [0.5, 0.6) is 0 Å². The number of sulfonamides is 1. The molecule has 6 nitrogen and oxygen atoms in total. The van der Waals surface area contributed by atoms with E-state index < -0.39 is 20.7 Å². The van der Waals surface area contributed by atoms with E-state index in [4.69, 9.17) is 4.74 Å². The van der Waals surface area contributed by atoms with Crippen molar-refractivity contribution in [2.75, 3.05) is 31.6 Å². The zero-order valence-electron chi connectivity index (χ0n) is 15.1. The number of thiophene rings is 1. The van der Waals surface area contributed by atoms with Crippen LogP contribution in [0.2, 0.25) is 0 Å². The van der Waals surface area contributed by atoms with Crippen LogP contribution in [-0.2, 0) is 21.2 Å². The third kappa shape index (κ3) is 4.21. The van der Waals surface area contributed by atoms with Crippen molar-refractivity contribution in [3.8, 4) is 0 Å². The van der Waals surface area contributed by atoms with Crippen LogP contribution in [0, 0.1) is 12.7 Å². The van der Waals surface area contributed by atoms with Gasteiger partial charge < -0.3 is 10.1 Å². The van der Waals surface area contributed by atoms with Gasteiger partial charge in [0.05, 0.1) is 18.1 Å². The van der Waals surface area contributed by atoms with Gasteiger partial charge in [-0.15, -0.1) is 11.3 Å². The van der Waals surface area contributed by atoms with E-state index in [0.717, 1.165) is 22.9 Å². The lowest BCUT2D eigenvalue weighted by Crippen LogP contribution is -2.40. The predicted molar refractivity (Wildman–Crippen MR) is 102 cm³/mol. The van der Waals surface area contributed by atoms with E-state index >= 15 is 0 Å². The first-order valence-electron chi connectivity index (χ1n) is 8.61. The van der Waals surface area contributed by atoms with E-state index in [1.165, 1.54) is 27.8 Å². The first-order chi connectivity index (χ1) is 12.8. The molecule has 0 saturated carbocycles. The first-order valence-corrected chi connectivity index (χ1v) is 10.9. The molecule has 2 aromatic rings. The van der Waals surface area contributed by atoms with Crippen LogP contribution in [0.4, 0.5) is 10.1 Å². The van der Waals surface area contributed by atoms with E-state index in [-0.39, 0.29) is 37.9 Å². The number of aryl methyl sites for hydroxylation is 2. The number of nitrogens with one attached hydrogen (secondary N) is 1. The molecule has 1 fully saturated rings. The van der Waals surface area contributed by atoms with Gasteiger partial charge in [-0.05, 0) is 43.2 Å². The van der Waals surface area contributed by atoms with Crippen molar-refractivity contribution in [1.82, 2.24) is 4.31 Å². The van der Waals surface area contributed by atoms with Crippen molar-refractivity contribution in [2.24, 2.45) is 0 Å². The second kappa shape index (κ2) is 8.05. The van der Waals surface area contributed by atoms with E-state index in [2.05, 4.69) is 5.32 Å². The molecule has 0 atom stereocenters. The minimum Gasteiger partial charge on any atom is -0.379 e. The molecule has 1 aliphatic heterocycles. The Hall–Kier alpha value is -1.81. The van der Waals surface area contributed by atoms with Crippen LogP contribution >= 0.6 is 11.3 Å². The van der Waals surface area contributed by atoms with Crippen LogP contribution < -0.4 is 5.32 Å². The van der Waals surface area contributed by atoms with Gasteiger partial charge in [0.25, 0.3) is 5.91 Å². The van der Waals surface area contributed by atoms with Gasteiger partial charge in [0.2, 0.25) is 10.0 Å². The Labute approximate surface area is 162 Å². The van der Waals surface area contributed by atoms with E-state index in [9.17, 15) is 17.6 Å². The quantitative estimate of drug-likeness (QED) is 0.819. The third-order valence-electron chi connectivity index (χ3n) is 4.34. The topological polar surface area (TPSA) is 75.7 Å². The number of halogens is 1. The molecule has 1 aromatic carbocycles. The van der Waals surface area contributed by atoms with Crippen molar-refractivity contribution in [2.45, 2.75) is 25.2 Å². The zero-order chi connectivity index (χ0) is 19.6. The van der Waals surface area contributed by atoms with Gasteiger partial charge in [0, 0.05) is 23.7 Å². The highest BCUT2D eigenvalue weighted by atomic mass is 32.2. The molecule has 0 radical (unpaired) electrons. The van der Waals surface area contributed by atoms with Gasteiger partial charge in [-0.2, -0.15) is 4.31 Å². The SMILES string of the molecule is CCc1sc(C(=O)Nc2ccc(F)c(S(=O)(=O)N3CCOCC3)c2)cc1C. The number of benzene rings is 1. The molecular formula is C18H21FN2O4S2. The molecule has 1 aromatic heterocycles.